The molecule has 0 saturated carbocycles. The zero-order chi connectivity index (χ0) is 38.3. The van der Waals surface area contributed by atoms with Gasteiger partial charge in [0.15, 0.2) is 0 Å². The second-order valence-electron chi connectivity index (χ2n) is 14.6. The number of halogens is 3. The maximum absolute atomic E-state index is 13.5. The van der Waals surface area contributed by atoms with E-state index in [1.165, 1.54) is 50.4 Å². The molecule has 11 rings (SSSR count). The van der Waals surface area contributed by atoms with E-state index < -0.39 is 11.7 Å². The average molecular weight is 741 g/mol. The second kappa shape index (κ2) is 12.7. The van der Waals surface area contributed by atoms with Crippen LogP contribution in [0.2, 0.25) is 0 Å². The minimum absolute atomic E-state index is 0.663. The third-order valence-corrected chi connectivity index (χ3v) is 11.5. The van der Waals surface area contributed by atoms with E-state index in [1.807, 2.05) is 30.3 Å². The molecule has 0 amide bonds. The molecule has 0 spiro atoms. The third-order valence-electron chi connectivity index (χ3n) is 11.5. The van der Waals surface area contributed by atoms with Gasteiger partial charge in [-0.05, 0) is 118 Å². The van der Waals surface area contributed by atoms with Crippen molar-refractivity contribution >= 4 is 65.0 Å². The highest BCUT2D eigenvalue weighted by atomic mass is 19.4. The van der Waals surface area contributed by atoms with Gasteiger partial charge in [0.2, 0.25) is 0 Å². The summed E-state index contributed by atoms with van der Waals surface area (Å²) in [6.45, 7) is 0. The zero-order valence-corrected chi connectivity index (χ0v) is 30.4. The predicted octanol–water partition coefficient (Wildman–Crippen LogP) is 15.9. The van der Waals surface area contributed by atoms with E-state index in [9.17, 15) is 13.2 Å². The fraction of sp³-hybridized carbons (Fsp3) is 0.0189. The molecule has 0 radical (unpaired) electrons. The number of alkyl halides is 3. The molecular formula is C53H31F3O. The molecule has 0 bridgehead atoms. The second-order valence-corrected chi connectivity index (χ2v) is 14.6. The van der Waals surface area contributed by atoms with Crippen LogP contribution in [0, 0.1) is 0 Å². The SMILES string of the molecule is FC(F)(F)c1ccc(-c2c3ccccc3c(-c3ccc4c(c3)oc3cccc(-c5c6ccccc6c(-c6ccccc6)c6ccccc56)c34)c3ccccc23)cc1. The molecule has 1 aromatic heterocycles. The largest absolute Gasteiger partial charge is 0.456 e. The molecule has 1 heterocycles. The summed E-state index contributed by atoms with van der Waals surface area (Å²) in [4.78, 5) is 0. The van der Waals surface area contributed by atoms with Crippen LogP contribution < -0.4 is 0 Å². The van der Waals surface area contributed by atoms with Gasteiger partial charge in [-0.3, -0.25) is 0 Å². The number of benzene rings is 10. The first-order valence-corrected chi connectivity index (χ1v) is 19.0. The number of hydrogen-bond acceptors (Lipinski definition) is 1. The summed E-state index contributed by atoms with van der Waals surface area (Å²) >= 11 is 0. The van der Waals surface area contributed by atoms with Crippen molar-refractivity contribution in [3.63, 3.8) is 0 Å². The van der Waals surface area contributed by atoms with Gasteiger partial charge in [-0.1, -0.05) is 158 Å². The molecule has 0 atom stereocenters. The normalized spacial score (nSPS) is 12.1. The molecule has 11 aromatic rings. The van der Waals surface area contributed by atoms with Crippen molar-refractivity contribution < 1.29 is 17.6 Å². The molecule has 57 heavy (non-hydrogen) atoms. The fourth-order valence-corrected chi connectivity index (χ4v) is 9.10. The Kier molecular flexibility index (Phi) is 7.39. The lowest BCUT2D eigenvalue weighted by Crippen LogP contribution is -2.04. The number of furan rings is 1. The minimum atomic E-state index is -4.41. The van der Waals surface area contributed by atoms with E-state index in [0.717, 1.165) is 71.3 Å². The number of rotatable bonds is 4. The van der Waals surface area contributed by atoms with Crippen molar-refractivity contribution in [1.82, 2.24) is 0 Å². The molecule has 0 fully saturated rings. The first kappa shape index (κ1) is 33.2. The lowest BCUT2D eigenvalue weighted by Gasteiger charge is -2.18. The van der Waals surface area contributed by atoms with Crippen LogP contribution in [-0.2, 0) is 6.18 Å². The van der Waals surface area contributed by atoms with Gasteiger partial charge in [-0.2, -0.15) is 13.2 Å². The van der Waals surface area contributed by atoms with Gasteiger partial charge in [-0.25, -0.2) is 0 Å². The van der Waals surface area contributed by atoms with Gasteiger partial charge >= 0.3 is 6.18 Å². The van der Waals surface area contributed by atoms with Gasteiger partial charge < -0.3 is 4.42 Å². The Balaban J connectivity index is 1.14. The van der Waals surface area contributed by atoms with Crippen molar-refractivity contribution in [2.45, 2.75) is 6.18 Å². The van der Waals surface area contributed by atoms with Crippen molar-refractivity contribution in [2.24, 2.45) is 0 Å². The van der Waals surface area contributed by atoms with E-state index in [-0.39, 0.29) is 0 Å². The van der Waals surface area contributed by atoms with Gasteiger partial charge in [0.1, 0.15) is 11.2 Å². The maximum atomic E-state index is 13.5. The van der Waals surface area contributed by atoms with E-state index in [0.29, 0.717) is 0 Å². The van der Waals surface area contributed by atoms with E-state index in [2.05, 4.69) is 133 Å². The van der Waals surface area contributed by atoms with Gasteiger partial charge in [0.05, 0.1) is 5.56 Å². The van der Waals surface area contributed by atoms with E-state index >= 15 is 0 Å². The van der Waals surface area contributed by atoms with Crippen LogP contribution in [0.25, 0.3) is 110 Å². The molecule has 0 aliphatic heterocycles. The van der Waals surface area contributed by atoms with Crippen LogP contribution in [0.4, 0.5) is 13.2 Å². The molecule has 10 aromatic carbocycles. The monoisotopic (exact) mass is 740 g/mol. The molecule has 0 N–H and O–H groups in total. The Hall–Kier alpha value is -7.17. The number of fused-ring (bicyclic) bond motifs is 7. The molecule has 0 unspecified atom stereocenters. The molecule has 1 nitrogen and oxygen atoms in total. The van der Waals surface area contributed by atoms with Crippen LogP contribution >= 0.6 is 0 Å². The van der Waals surface area contributed by atoms with Crippen LogP contribution in [0.1, 0.15) is 5.56 Å². The average Bonchev–Trinajstić information content (AvgIpc) is 3.63. The molecule has 0 aliphatic rings. The summed E-state index contributed by atoms with van der Waals surface area (Å²) < 4.78 is 47.4. The minimum Gasteiger partial charge on any atom is -0.456 e. The summed E-state index contributed by atoms with van der Waals surface area (Å²) in [6, 6.07) is 62.6. The highest BCUT2D eigenvalue weighted by molar-refractivity contribution is 6.26. The van der Waals surface area contributed by atoms with E-state index in [1.54, 1.807) is 12.1 Å². The molecule has 4 heteroatoms. The Bertz CT molecular complexity index is 3260. The van der Waals surface area contributed by atoms with Crippen LogP contribution in [0.3, 0.4) is 0 Å². The lowest BCUT2D eigenvalue weighted by atomic mass is 9.84. The lowest BCUT2D eigenvalue weighted by molar-refractivity contribution is -0.137. The summed E-state index contributed by atoms with van der Waals surface area (Å²) in [5, 5.41) is 10.8. The highest BCUT2D eigenvalue weighted by Crippen LogP contribution is 2.49. The Labute approximate surface area is 325 Å². The van der Waals surface area contributed by atoms with Gasteiger partial charge in [0, 0.05) is 10.8 Å². The predicted molar refractivity (Wildman–Crippen MR) is 230 cm³/mol. The molecule has 0 saturated heterocycles. The van der Waals surface area contributed by atoms with Crippen molar-refractivity contribution in [1.29, 1.82) is 0 Å². The van der Waals surface area contributed by atoms with Crippen LogP contribution in [-0.4, -0.2) is 0 Å². The van der Waals surface area contributed by atoms with Crippen molar-refractivity contribution in [2.75, 3.05) is 0 Å². The standard InChI is InChI=1S/C53H31F3O/c54-53(55,56)35-28-25-33(26-29-35)49-36-15-4-6-17-38(36)50(39-18-7-5-16-37(39)49)34-27-30-44-47(31-34)57-46-24-12-23-45(52(44)46)51-42-21-10-8-19-40(42)48(32-13-2-1-3-14-32)41-20-9-11-22-43(41)51/h1-31H. The Morgan fingerprint density at radius 3 is 1.23 bits per heavy atom. The topological polar surface area (TPSA) is 13.1 Å². The summed E-state index contributed by atoms with van der Waals surface area (Å²) in [5.74, 6) is 0. The quantitative estimate of drug-likeness (QED) is 0.164. The Morgan fingerprint density at radius 2 is 0.737 bits per heavy atom. The van der Waals surface area contributed by atoms with Gasteiger partial charge in [0.25, 0.3) is 0 Å². The van der Waals surface area contributed by atoms with Gasteiger partial charge in [-0.15, -0.1) is 0 Å². The smallest absolute Gasteiger partial charge is 0.416 e. The van der Waals surface area contributed by atoms with E-state index in [4.69, 9.17) is 4.42 Å². The number of hydrogen-bond donors (Lipinski definition) is 0. The summed E-state index contributed by atoms with van der Waals surface area (Å²) in [5.41, 5.74) is 9.32. The molecule has 270 valence electrons. The Morgan fingerprint density at radius 1 is 0.316 bits per heavy atom. The van der Waals surface area contributed by atoms with Crippen LogP contribution in [0.5, 0.6) is 0 Å². The first-order chi connectivity index (χ1) is 27.9. The van der Waals surface area contributed by atoms with Crippen LogP contribution in [0.15, 0.2) is 192 Å². The molecular weight excluding hydrogens is 710 g/mol. The first-order valence-electron chi connectivity index (χ1n) is 19.0. The third kappa shape index (κ3) is 5.18. The summed E-state index contributed by atoms with van der Waals surface area (Å²) in [7, 11) is 0. The fourth-order valence-electron chi connectivity index (χ4n) is 9.10. The summed E-state index contributed by atoms with van der Waals surface area (Å²) in [6.07, 6.45) is -4.41. The highest BCUT2D eigenvalue weighted by Gasteiger charge is 2.30. The van der Waals surface area contributed by atoms with Crippen molar-refractivity contribution in [3.8, 4) is 44.5 Å². The molecule has 0 aliphatic carbocycles. The zero-order valence-electron chi connectivity index (χ0n) is 30.4. The maximum Gasteiger partial charge on any atom is 0.416 e. The van der Waals surface area contributed by atoms with Crippen molar-refractivity contribution in [3.05, 3.63) is 194 Å².